The molecule has 112 valence electrons. The Labute approximate surface area is 129 Å². The zero-order valence-electron chi connectivity index (χ0n) is 12.5. The smallest absolute Gasteiger partial charge is 0.129 e. The molecule has 0 aliphatic rings. The summed E-state index contributed by atoms with van der Waals surface area (Å²) in [6.45, 7) is 6.62. The van der Waals surface area contributed by atoms with Crippen molar-refractivity contribution in [1.29, 1.82) is 0 Å². The summed E-state index contributed by atoms with van der Waals surface area (Å²) in [5.74, 6) is -0.315. The van der Waals surface area contributed by atoms with E-state index in [1.165, 1.54) is 6.07 Å². The second-order valence-corrected chi connectivity index (χ2v) is 5.52. The van der Waals surface area contributed by atoms with Gasteiger partial charge >= 0.3 is 0 Å². The van der Waals surface area contributed by atoms with Gasteiger partial charge in [0.05, 0.1) is 17.4 Å². The van der Waals surface area contributed by atoms with E-state index < -0.39 is 0 Å². The van der Waals surface area contributed by atoms with Crippen LogP contribution >= 0.6 is 11.6 Å². The van der Waals surface area contributed by atoms with Gasteiger partial charge in [-0.15, -0.1) is 0 Å². The lowest BCUT2D eigenvalue weighted by Gasteiger charge is -2.21. The molecule has 1 atom stereocenters. The summed E-state index contributed by atoms with van der Waals surface area (Å²) in [4.78, 5) is 0. The number of aryl methyl sites for hydroxylation is 2. The van der Waals surface area contributed by atoms with Crippen LogP contribution in [0.15, 0.2) is 24.3 Å². The van der Waals surface area contributed by atoms with Crippen LogP contribution in [0.25, 0.3) is 0 Å². The molecule has 0 radical (unpaired) electrons. The minimum atomic E-state index is -0.315. The van der Waals surface area contributed by atoms with E-state index in [1.807, 2.05) is 19.9 Å². The molecule has 0 amide bonds. The Hall–Kier alpha value is -1.52. The summed E-state index contributed by atoms with van der Waals surface area (Å²) in [5.41, 5.74) is 3.12. The fraction of sp³-hybridized carbons (Fsp3) is 0.375. The first kappa shape index (κ1) is 15.9. The Bertz CT molecular complexity index is 631. The quantitative estimate of drug-likeness (QED) is 0.908. The highest BCUT2D eigenvalue weighted by atomic mass is 35.5. The number of nitrogens with one attached hydrogen (secondary N) is 1. The molecule has 1 N–H and O–H groups in total. The molecule has 3 nitrogen and oxygen atoms in total. The molecule has 2 rings (SSSR count). The lowest BCUT2D eigenvalue weighted by molar-refractivity contribution is 0.542. The van der Waals surface area contributed by atoms with Crippen LogP contribution in [-0.2, 0) is 0 Å². The van der Waals surface area contributed by atoms with E-state index in [1.54, 1.807) is 12.1 Å². The maximum absolute atomic E-state index is 14.3. The molecule has 1 aromatic heterocycles. The molecule has 5 heteroatoms. The predicted molar refractivity (Wildman–Crippen MR) is 83.1 cm³/mol. The summed E-state index contributed by atoms with van der Waals surface area (Å²) in [7, 11) is 0. The first-order chi connectivity index (χ1) is 10.0. The van der Waals surface area contributed by atoms with Crippen molar-refractivity contribution < 1.29 is 4.39 Å². The van der Waals surface area contributed by atoms with E-state index in [4.69, 9.17) is 11.6 Å². The third-order valence-electron chi connectivity index (χ3n) is 3.32. The van der Waals surface area contributed by atoms with Crippen molar-refractivity contribution in [2.24, 2.45) is 0 Å². The van der Waals surface area contributed by atoms with Gasteiger partial charge in [0.25, 0.3) is 0 Å². The Morgan fingerprint density at radius 2 is 1.95 bits per heavy atom. The van der Waals surface area contributed by atoms with E-state index >= 15 is 0 Å². The number of rotatable bonds is 5. The minimum Gasteiger partial charge on any atom is -0.306 e. The van der Waals surface area contributed by atoms with Crippen molar-refractivity contribution >= 4 is 11.6 Å². The highest BCUT2D eigenvalue weighted by Crippen LogP contribution is 2.28. The first-order valence-corrected chi connectivity index (χ1v) is 7.40. The molecule has 2 aromatic rings. The van der Waals surface area contributed by atoms with Gasteiger partial charge in [-0.25, -0.2) is 4.39 Å². The van der Waals surface area contributed by atoms with Crippen LogP contribution in [0.3, 0.4) is 0 Å². The second-order valence-electron chi connectivity index (χ2n) is 5.08. The summed E-state index contributed by atoms with van der Waals surface area (Å²) >= 11 is 5.85. The largest absolute Gasteiger partial charge is 0.306 e. The third-order valence-corrected chi connectivity index (χ3v) is 3.56. The maximum Gasteiger partial charge on any atom is 0.129 e. The van der Waals surface area contributed by atoms with Gasteiger partial charge in [-0.3, -0.25) is 0 Å². The number of aromatic nitrogens is 2. The molecule has 1 aromatic carbocycles. The molecule has 0 bridgehead atoms. The monoisotopic (exact) mass is 307 g/mol. The lowest BCUT2D eigenvalue weighted by Crippen LogP contribution is -2.25. The molecule has 21 heavy (non-hydrogen) atoms. The Morgan fingerprint density at radius 3 is 2.62 bits per heavy atom. The average molecular weight is 308 g/mol. The van der Waals surface area contributed by atoms with E-state index in [9.17, 15) is 4.39 Å². The van der Waals surface area contributed by atoms with Crippen molar-refractivity contribution in [3.63, 3.8) is 0 Å². The van der Waals surface area contributed by atoms with Gasteiger partial charge in [0.1, 0.15) is 5.82 Å². The Balaban J connectivity index is 2.49. The summed E-state index contributed by atoms with van der Waals surface area (Å²) in [6.07, 6.45) is 0.961. The summed E-state index contributed by atoms with van der Waals surface area (Å²) < 4.78 is 14.3. The molecule has 1 unspecified atom stereocenters. The van der Waals surface area contributed by atoms with Crippen molar-refractivity contribution in [3.05, 3.63) is 57.6 Å². The van der Waals surface area contributed by atoms with Crippen LogP contribution in [0.4, 0.5) is 4.39 Å². The SMILES string of the molecule is CCCNC(c1ccc(Cl)cc1F)c1cc(C)nnc1C. The Kier molecular flexibility index (Phi) is 5.26. The van der Waals surface area contributed by atoms with Crippen LogP contribution in [0.5, 0.6) is 0 Å². The fourth-order valence-corrected chi connectivity index (χ4v) is 2.43. The van der Waals surface area contributed by atoms with E-state index in [0.717, 1.165) is 29.9 Å². The average Bonchev–Trinajstić information content (AvgIpc) is 2.44. The lowest BCUT2D eigenvalue weighted by atomic mass is 9.97. The highest BCUT2D eigenvalue weighted by molar-refractivity contribution is 6.30. The summed E-state index contributed by atoms with van der Waals surface area (Å²) in [5, 5.41) is 12.0. The Morgan fingerprint density at radius 1 is 1.19 bits per heavy atom. The van der Waals surface area contributed by atoms with E-state index in [0.29, 0.717) is 10.6 Å². The molecule has 0 aliphatic heterocycles. The second kappa shape index (κ2) is 6.96. The molecule has 0 fully saturated rings. The van der Waals surface area contributed by atoms with Crippen molar-refractivity contribution in [2.75, 3.05) is 6.54 Å². The predicted octanol–water partition coefficient (Wildman–Crippen LogP) is 3.97. The van der Waals surface area contributed by atoms with Crippen LogP contribution < -0.4 is 5.32 Å². The molecule has 0 saturated heterocycles. The van der Waals surface area contributed by atoms with Crippen LogP contribution in [0.2, 0.25) is 5.02 Å². The highest BCUT2D eigenvalue weighted by Gasteiger charge is 2.20. The molecule has 1 heterocycles. The van der Waals surface area contributed by atoms with Crippen LogP contribution in [-0.4, -0.2) is 16.7 Å². The van der Waals surface area contributed by atoms with Crippen molar-refractivity contribution in [2.45, 2.75) is 33.2 Å². The number of hydrogen-bond donors (Lipinski definition) is 1. The molecular weight excluding hydrogens is 289 g/mol. The minimum absolute atomic E-state index is 0.253. The molecule has 0 aliphatic carbocycles. The number of benzene rings is 1. The van der Waals surface area contributed by atoms with E-state index in [2.05, 4.69) is 22.4 Å². The topological polar surface area (TPSA) is 37.8 Å². The van der Waals surface area contributed by atoms with Gasteiger partial charge in [-0.2, -0.15) is 10.2 Å². The summed E-state index contributed by atoms with van der Waals surface area (Å²) in [6, 6.07) is 6.46. The molecule has 0 spiro atoms. The van der Waals surface area contributed by atoms with Gasteiger partial charge in [0, 0.05) is 10.6 Å². The fourth-order valence-electron chi connectivity index (χ4n) is 2.27. The number of halogens is 2. The van der Waals surface area contributed by atoms with Crippen LogP contribution in [0, 0.1) is 19.7 Å². The van der Waals surface area contributed by atoms with Gasteiger partial charge < -0.3 is 5.32 Å². The number of nitrogens with zero attached hydrogens (tertiary/aromatic N) is 2. The van der Waals surface area contributed by atoms with Crippen LogP contribution in [0.1, 0.15) is 41.9 Å². The standard InChI is InChI=1S/C16H19ClFN3/c1-4-7-19-16(13-6-5-12(17)9-15(13)18)14-8-10(2)20-21-11(14)3/h5-6,8-9,16,19H,4,7H2,1-3H3. The zero-order valence-corrected chi connectivity index (χ0v) is 13.2. The van der Waals surface area contributed by atoms with Gasteiger partial charge in [0.15, 0.2) is 0 Å². The molecular formula is C16H19ClFN3. The van der Waals surface area contributed by atoms with Gasteiger partial charge in [0.2, 0.25) is 0 Å². The third kappa shape index (κ3) is 3.77. The zero-order chi connectivity index (χ0) is 15.4. The van der Waals surface area contributed by atoms with E-state index in [-0.39, 0.29) is 11.9 Å². The first-order valence-electron chi connectivity index (χ1n) is 7.02. The maximum atomic E-state index is 14.3. The van der Waals surface area contributed by atoms with Crippen molar-refractivity contribution in [1.82, 2.24) is 15.5 Å². The number of hydrogen-bond acceptors (Lipinski definition) is 3. The molecule has 0 saturated carbocycles. The van der Waals surface area contributed by atoms with Crippen molar-refractivity contribution in [3.8, 4) is 0 Å². The van der Waals surface area contributed by atoms with Gasteiger partial charge in [-0.05, 0) is 50.6 Å². The normalized spacial score (nSPS) is 12.4. The van der Waals surface area contributed by atoms with Gasteiger partial charge in [-0.1, -0.05) is 24.6 Å².